The number of benzene rings is 1. The summed E-state index contributed by atoms with van der Waals surface area (Å²) < 4.78 is 5.09. The van der Waals surface area contributed by atoms with E-state index in [-0.39, 0.29) is 12.1 Å². The van der Waals surface area contributed by atoms with Gasteiger partial charge in [0.15, 0.2) is 5.13 Å². The molecule has 0 saturated carbocycles. The fourth-order valence-corrected chi connectivity index (χ4v) is 3.11. The standard InChI is InChI=1S/C15H13N3O2S/c1-2-12-8-20-15(19)18(12)14-17-13(9-21-14)11-5-3-10(7-16)4-6-11/h3-6,9,12H,2,8H2,1H3/t12-/m0/s1. The van der Waals surface area contributed by atoms with Crippen molar-refractivity contribution in [1.82, 2.24) is 4.98 Å². The van der Waals surface area contributed by atoms with Crippen LogP contribution in [0.15, 0.2) is 29.6 Å². The molecule has 5 nitrogen and oxygen atoms in total. The molecule has 21 heavy (non-hydrogen) atoms. The Hall–Kier alpha value is -2.39. The van der Waals surface area contributed by atoms with Crippen molar-refractivity contribution in [2.75, 3.05) is 11.5 Å². The Morgan fingerprint density at radius 3 is 2.90 bits per heavy atom. The molecule has 0 N–H and O–H groups in total. The average molecular weight is 299 g/mol. The molecule has 1 aromatic carbocycles. The minimum absolute atomic E-state index is 0.0532. The Kier molecular flexibility index (Phi) is 3.59. The van der Waals surface area contributed by atoms with E-state index >= 15 is 0 Å². The Labute approximate surface area is 126 Å². The van der Waals surface area contributed by atoms with E-state index in [9.17, 15) is 4.79 Å². The first kappa shape index (κ1) is 13.6. The van der Waals surface area contributed by atoms with Crippen LogP contribution >= 0.6 is 11.3 Å². The predicted octanol–water partition coefficient (Wildman–Crippen LogP) is 3.42. The quantitative estimate of drug-likeness (QED) is 0.871. The van der Waals surface area contributed by atoms with E-state index in [1.807, 2.05) is 24.4 Å². The van der Waals surface area contributed by atoms with E-state index < -0.39 is 0 Å². The molecule has 2 heterocycles. The molecule has 1 saturated heterocycles. The lowest BCUT2D eigenvalue weighted by molar-refractivity contribution is 0.178. The van der Waals surface area contributed by atoms with Crippen LogP contribution in [0.4, 0.5) is 9.93 Å². The molecule has 6 heteroatoms. The highest BCUT2D eigenvalue weighted by atomic mass is 32.1. The monoisotopic (exact) mass is 299 g/mol. The highest BCUT2D eigenvalue weighted by Crippen LogP contribution is 2.31. The molecule has 0 bridgehead atoms. The first-order valence-corrected chi connectivity index (χ1v) is 7.53. The summed E-state index contributed by atoms with van der Waals surface area (Å²) in [7, 11) is 0. The van der Waals surface area contributed by atoms with E-state index in [2.05, 4.69) is 11.1 Å². The number of hydrogen-bond acceptors (Lipinski definition) is 5. The zero-order valence-corrected chi connectivity index (χ0v) is 12.3. The molecular weight excluding hydrogens is 286 g/mol. The summed E-state index contributed by atoms with van der Waals surface area (Å²) in [6.45, 7) is 2.44. The van der Waals surface area contributed by atoms with Crippen molar-refractivity contribution in [3.05, 3.63) is 35.2 Å². The molecule has 0 radical (unpaired) electrons. The summed E-state index contributed by atoms with van der Waals surface area (Å²) in [5, 5.41) is 11.4. The van der Waals surface area contributed by atoms with Crippen molar-refractivity contribution < 1.29 is 9.53 Å². The Bertz CT molecular complexity index is 702. The highest BCUT2D eigenvalue weighted by Gasteiger charge is 2.34. The van der Waals surface area contributed by atoms with Crippen LogP contribution in [0.2, 0.25) is 0 Å². The van der Waals surface area contributed by atoms with E-state index in [1.54, 1.807) is 17.0 Å². The molecule has 0 aliphatic carbocycles. The van der Waals surface area contributed by atoms with Crippen LogP contribution < -0.4 is 4.90 Å². The lowest BCUT2D eigenvalue weighted by atomic mass is 10.1. The maximum absolute atomic E-state index is 11.8. The molecule has 1 aliphatic rings. The van der Waals surface area contributed by atoms with E-state index in [0.717, 1.165) is 17.7 Å². The molecule has 1 aromatic heterocycles. The van der Waals surface area contributed by atoms with Gasteiger partial charge < -0.3 is 4.74 Å². The third kappa shape index (κ3) is 2.48. The normalized spacial score (nSPS) is 17.6. The molecule has 106 valence electrons. The van der Waals surface area contributed by atoms with Crippen molar-refractivity contribution in [3.63, 3.8) is 0 Å². The molecular formula is C15H13N3O2S. The largest absolute Gasteiger partial charge is 0.447 e. The van der Waals surface area contributed by atoms with Gasteiger partial charge in [0.25, 0.3) is 0 Å². The van der Waals surface area contributed by atoms with Gasteiger partial charge in [-0.25, -0.2) is 14.7 Å². The molecule has 2 aromatic rings. The van der Waals surface area contributed by atoms with Gasteiger partial charge in [0.2, 0.25) is 0 Å². The van der Waals surface area contributed by atoms with Crippen LogP contribution in [0.1, 0.15) is 18.9 Å². The van der Waals surface area contributed by atoms with Gasteiger partial charge in [0.05, 0.1) is 23.4 Å². The number of ether oxygens (including phenoxy) is 1. The third-order valence-corrected chi connectivity index (χ3v) is 4.28. The second-order valence-electron chi connectivity index (χ2n) is 4.71. The number of thiazole rings is 1. The fraction of sp³-hybridized carbons (Fsp3) is 0.267. The topological polar surface area (TPSA) is 66.2 Å². The summed E-state index contributed by atoms with van der Waals surface area (Å²) in [5.74, 6) is 0. The average Bonchev–Trinajstić information content (AvgIpc) is 3.13. The van der Waals surface area contributed by atoms with Gasteiger partial charge in [-0.15, -0.1) is 11.3 Å². The number of nitrogens with zero attached hydrogens (tertiary/aromatic N) is 3. The van der Waals surface area contributed by atoms with Gasteiger partial charge in [-0.3, -0.25) is 0 Å². The number of rotatable bonds is 3. The van der Waals surface area contributed by atoms with Gasteiger partial charge in [-0.2, -0.15) is 5.26 Å². The molecule has 1 atom stereocenters. The second-order valence-corrected chi connectivity index (χ2v) is 5.55. The van der Waals surface area contributed by atoms with Gasteiger partial charge in [-0.1, -0.05) is 19.1 Å². The van der Waals surface area contributed by atoms with Crippen molar-refractivity contribution in [3.8, 4) is 17.3 Å². The Morgan fingerprint density at radius 1 is 1.48 bits per heavy atom. The van der Waals surface area contributed by atoms with Crippen molar-refractivity contribution in [1.29, 1.82) is 5.26 Å². The van der Waals surface area contributed by atoms with Gasteiger partial charge in [0.1, 0.15) is 6.61 Å². The number of amides is 1. The first-order chi connectivity index (χ1) is 10.2. The molecule has 0 unspecified atom stereocenters. The second kappa shape index (κ2) is 5.54. The van der Waals surface area contributed by atoms with Crippen LogP contribution in [-0.4, -0.2) is 23.7 Å². The first-order valence-electron chi connectivity index (χ1n) is 6.65. The molecule has 0 spiro atoms. The van der Waals surface area contributed by atoms with E-state index in [4.69, 9.17) is 10.00 Å². The fourth-order valence-electron chi connectivity index (χ4n) is 2.22. The maximum atomic E-state index is 11.8. The van der Waals surface area contributed by atoms with Crippen LogP contribution in [0.3, 0.4) is 0 Å². The summed E-state index contributed by atoms with van der Waals surface area (Å²) in [6, 6.07) is 9.37. The maximum Gasteiger partial charge on any atom is 0.416 e. The predicted molar refractivity (Wildman–Crippen MR) is 80.2 cm³/mol. The molecule has 1 fully saturated rings. The Morgan fingerprint density at radius 2 is 2.24 bits per heavy atom. The number of carbonyl (C=O) groups is 1. The third-order valence-electron chi connectivity index (χ3n) is 3.44. The summed E-state index contributed by atoms with van der Waals surface area (Å²) in [4.78, 5) is 18.0. The van der Waals surface area contributed by atoms with Gasteiger partial charge in [-0.05, 0) is 18.6 Å². The Balaban J connectivity index is 1.89. The SMILES string of the molecule is CC[C@H]1COC(=O)N1c1nc(-c2ccc(C#N)cc2)cs1. The molecule has 1 amide bonds. The molecule has 1 aliphatic heterocycles. The molecule has 3 rings (SSSR count). The zero-order chi connectivity index (χ0) is 14.8. The van der Waals surface area contributed by atoms with Gasteiger partial charge >= 0.3 is 6.09 Å². The minimum atomic E-state index is -0.331. The van der Waals surface area contributed by atoms with E-state index in [1.165, 1.54) is 11.3 Å². The summed E-state index contributed by atoms with van der Waals surface area (Å²) >= 11 is 1.42. The van der Waals surface area contributed by atoms with Crippen LogP contribution in [0, 0.1) is 11.3 Å². The number of nitriles is 1. The smallest absolute Gasteiger partial charge is 0.416 e. The highest BCUT2D eigenvalue weighted by molar-refractivity contribution is 7.14. The minimum Gasteiger partial charge on any atom is -0.447 e. The van der Waals surface area contributed by atoms with Crippen LogP contribution in [0.25, 0.3) is 11.3 Å². The van der Waals surface area contributed by atoms with E-state index in [0.29, 0.717) is 17.3 Å². The van der Waals surface area contributed by atoms with Crippen molar-refractivity contribution >= 4 is 22.6 Å². The number of anilines is 1. The number of hydrogen-bond donors (Lipinski definition) is 0. The number of aromatic nitrogens is 1. The van der Waals surface area contributed by atoms with Crippen molar-refractivity contribution in [2.45, 2.75) is 19.4 Å². The lowest BCUT2D eigenvalue weighted by Gasteiger charge is -2.16. The lowest BCUT2D eigenvalue weighted by Crippen LogP contribution is -2.32. The van der Waals surface area contributed by atoms with Crippen molar-refractivity contribution in [2.24, 2.45) is 0 Å². The number of carbonyl (C=O) groups excluding carboxylic acids is 1. The van der Waals surface area contributed by atoms with Gasteiger partial charge in [0, 0.05) is 10.9 Å². The van der Waals surface area contributed by atoms with Crippen LogP contribution in [-0.2, 0) is 4.74 Å². The summed E-state index contributed by atoms with van der Waals surface area (Å²) in [5.41, 5.74) is 2.34. The number of cyclic esters (lactones) is 1. The van der Waals surface area contributed by atoms with Crippen LogP contribution in [0.5, 0.6) is 0 Å². The summed E-state index contributed by atoms with van der Waals surface area (Å²) in [6.07, 6.45) is 0.500. The zero-order valence-electron chi connectivity index (χ0n) is 11.4.